The van der Waals surface area contributed by atoms with Crippen molar-refractivity contribution < 1.29 is 5.11 Å². The lowest BCUT2D eigenvalue weighted by Crippen LogP contribution is -2.16. The van der Waals surface area contributed by atoms with Gasteiger partial charge in [-0.15, -0.1) is 0 Å². The predicted octanol–water partition coefficient (Wildman–Crippen LogP) is 0.225. The zero-order chi connectivity index (χ0) is 10.8. The molecule has 2 aromatic rings. The van der Waals surface area contributed by atoms with Crippen molar-refractivity contribution in [3.05, 3.63) is 30.5 Å². The summed E-state index contributed by atoms with van der Waals surface area (Å²) < 4.78 is 0. The van der Waals surface area contributed by atoms with Crippen molar-refractivity contribution in [1.29, 1.82) is 0 Å². The Kier molecular flexibility index (Phi) is 2.29. The van der Waals surface area contributed by atoms with E-state index in [0.717, 1.165) is 5.56 Å². The van der Waals surface area contributed by atoms with Gasteiger partial charge in [-0.1, -0.05) is 0 Å². The van der Waals surface area contributed by atoms with Crippen LogP contribution in [0.2, 0.25) is 0 Å². The summed E-state index contributed by atoms with van der Waals surface area (Å²) in [5.41, 5.74) is 7.11. The van der Waals surface area contributed by atoms with Gasteiger partial charge in [0.25, 0.3) is 0 Å². The molecule has 1 heterocycles. The van der Waals surface area contributed by atoms with Crippen molar-refractivity contribution in [2.45, 2.75) is 0 Å². The number of anilines is 1. The highest BCUT2D eigenvalue weighted by molar-refractivity contribution is 6.33. The second kappa shape index (κ2) is 3.61. The van der Waals surface area contributed by atoms with Gasteiger partial charge in [-0.3, -0.25) is 4.98 Å². The van der Waals surface area contributed by atoms with E-state index in [2.05, 4.69) is 9.97 Å². The number of aromatic hydroxyl groups is 1. The monoisotopic (exact) mass is 197 g/mol. The quantitative estimate of drug-likeness (QED) is 0.641. The number of rotatable bonds is 1. The molecular weight excluding hydrogens is 189 g/mol. The average molecular weight is 197 g/mol. The third kappa shape index (κ3) is 1.91. The molecule has 0 amide bonds. The van der Waals surface area contributed by atoms with Crippen molar-refractivity contribution in [2.75, 3.05) is 5.73 Å². The van der Waals surface area contributed by atoms with Crippen LogP contribution in [-0.2, 0) is 0 Å². The minimum absolute atomic E-state index is 0.204. The Balaban J connectivity index is 2.45. The van der Waals surface area contributed by atoms with Gasteiger partial charge in [0.05, 0.1) is 11.9 Å². The molecule has 0 fully saturated rings. The molecule has 0 spiro atoms. The van der Waals surface area contributed by atoms with Crippen LogP contribution in [0.1, 0.15) is 0 Å². The van der Waals surface area contributed by atoms with E-state index in [9.17, 15) is 0 Å². The summed E-state index contributed by atoms with van der Waals surface area (Å²) >= 11 is 0. The lowest BCUT2D eigenvalue weighted by atomic mass is 10.0. The van der Waals surface area contributed by atoms with E-state index in [-0.39, 0.29) is 17.2 Å². The van der Waals surface area contributed by atoms with Gasteiger partial charge in [0.1, 0.15) is 19.4 Å². The zero-order valence-electron chi connectivity index (χ0n) is 7.88. The number of nitrogens with zero attached hydrogens (tertiary/aromatic N) is 2. The number of phenols is 1. The molecule has 0 saturated carbocycles. The van der Waals surface area contributed by atoms with Gasteiger partial charge in [-0.05, 0) is 24.3 Å². The highest BCUT2D eigenvalue weighted by Gasteiger charge is 2.02. The van der Waals surface area contributed by atoms with E-state index >= 15 is 0 Å². The van der Waals surface area contributed by atoms with Crippen LogP contribution in [0.25, 0.3) is 11.3 Å². The van der Waals surface area contributed by atoms with E-state index in [0.29, 0.717) is 5.69 Å². The van der Waals surface area contributed by atoms with E-state index in [1.807, 2.05) is 0 Å². The Morgan fingerprint density at radius 3 is 2.47 bits per heavy atom. The molecule has 1 aromatic heterocycles. The maximum Gasteiger partial charge on any atom is 0.147 e. The smallest absolute Gasteiger partial charge is 0.147 e. The summed E-state index contributed by atoms with van der Waals surface area (Å²) in [4.78, 5) is 7.99. The number of phenolic OH excluding ortho intramolecular Hbond substituents is 1. The fourth-order valence-electron chi connectivity index (χ4n) is 1.18. The molecule has 0 aliphatic rings. The summed E-state index contributed by atoms with van der Waals surface area (Å²) in [6.07, 6.45) is 1.54. The molecule has 0 aliphatic heterocycles. The van der Waals surface area contributed by atoms with Crippen LogP contribution in [0.15, 0.2) is 30.5 Å². The van der Waals surface area contributed by atoms with Gasteiger partial charge in [-0.25, -0.2) is 4.98 Å². The Labute approximate surface area is 88.2 Å². The highest BCUT2D eigenvalue weighted by Crippen LogP contribution is 2.18. The first-order chi connectivity index (χ1) is 7.16. The van der Waals surface area contributed by atoms with E-state index in [1.165, 1.54) is 6.20 Å². The largest absolute Gasteiger partial charge is 0.508 e. The lowest BCUT2D eigenvalue weighted by Gasteiger charge is -2.03. The van der Waals surface area contributed by atoms with Gasteiger partial charge < -0.3 is 10.8 Å². The third-order valence-electron chi connectivity index (χ3n) is 1.99. The van der Waals surface area contributed by atoms with Gasteiger partial charge in [0.2, 0.25) is 0 Å². The Bertz CT molecular complexity index is 485. The normalized spacial score (nSPS) is 10.1. The average Bonchev–Trinajstić information content (AvgIpc) is 2.23. The molecule has 0 saturated heterocycles. The van der Waals surface area contributed by atoms with E-state index < -0.39 is 0 Å². The first kappa shape index (κ1) is 9.52. The van der Waals surface area contributed by atoms with Crippen molar-refractivity contribution in [3.8, 4) is 17.0 Å². The fourth-order valence-corrected chi connectivity index (χ4v) is 1.18. The molecule has 4 nitrogen and oxygen atoms in total. The van der Waals surface area contributed by atoms with Gasteiger partial charge in [-0.2, -0.15) is 0 Å². The molecule has 5 heteroatoms. The first-order valence-electron chi connectivity index (χ1n) is 4.34. The Morgan fingerprint density at radius 1 is 1.20 bits per heavy atom. The standard InChI is InChI=1S/C10H8BN3O/c11-9-10(12)13-5-8(14-9)6-1-3-7(15)4-2-6/h1-5,15H,(H2,12,13). The summed E-state index contributed by atoms with van der Waals surface area (Å²) in [5, 5.41) is 9.12. The molecule has 72 valence electrons. The van der Waals surface area contributed by atoms with Crippen LogP contribution in [0, 0.1) is 0 Å². The highest BCUT2D eigenvalue weighted by atomic mass is 16.3. The summed E-state index contributed by atoms with van der Waals surface area (Å²) in [5.74, 6) is 0.424. The van der Waals surface area contributed by atoms with Crippen LogP contribution in [-0.4, -0.2) is 22.9 Å². The number of benzene rings is 1. The molecule has 3 N–H and O–H groups in total. The number of aromatic nitrogens is 2. The Morgan fingerprint density at radius 2 is 1.87 bits per heavy atom. The molecular formula is C10H8BN3O. The number of nitrogen functional groups attached to an aromatic ring is 1. The minimum Gasteiger partial charge on any atom is -0.508 e. The lowest BCUT2D eigenvalue weighted by molar-refractivity contribution is 0.475. The van der Waals surface area contributed by atoms with Crippen LogP contribution in [0.4, 0.5) is 5.82 Å². The summed E-state index contributed by atoms with van der Waals surface area (Å²) in [7, 11) is 5.54. The van der Waals surface area contributed by atoms with Gasteiger partial charge >= 0.3 is 0 Å². The van der Waals surface area contributed by atoms with Crippen molar-refractivity contribution in [3.63, 3.8) is 0 Å². The second-order valence-electron chi connectivity index (χ2n) is 3.07. The summed E-state index contributed by atoms with van der Waals surface area (Å²) in [6.45, 7) is 0. The minimum atomic E-state index is 0.204. The molecule has 0 bridgehead atoms. The molecule has 2 radical (unpaired) electrons. The molecule has 2 rings (SSSR count). The van der Waals surface area contributed by atoms with Crippen LogP contribution in [0.3, 0.4) is 0 Å². The van der Waals surface area contributed by atoms with Crippen molar-refractivity contribution in [2.24, 2.45) is 0 Å². The second-order valence-corrected chi connectivity index (χ2v) is 3.07. The van der Waals surface area contributed by atoms with Crippen LogP contribution >= 0.6 is 0 Å². The molecule has 0 aliphatic carbocycles. The number of nitrogens with two attached hydrogens (primary N) is 1. The van der Waals surface area contributed by atoms with Crippen LogP contribution < -0.4 is 11.3 Å². The Hall–Kier alpha value is -2.04. The molecule has 1 aromatic carbocycles. The van der Waals surface area contributed by atoms with Gasteiger partial charge in [0, 0.05) is 11.2 Å². The molecule has 0 atom stereocenters. The maximum absolute atomic E-state index is 9.12. The SMILES string of the molecule is [B]c1nc(-c2ccc(O)cc2)cnc1N. The maximum atomic E-state index is 9.12. The first-order valence-corrected chi connectivity index (χ1v) is 4.34. The summed E-state index contributed by atoms with van der Waals surface area (Å²) in [6, 6.07) is 6.61. The molecule has 15 heavy (non-hydrogen) atoms. The topological polar surface area (TPSA) is 72.0 Å². The fraction of sp³-hybridized carbons (Fsp3) is 0. The van der Waals surface area contributed by atoms with Crippen LogP contribution in [0.5, 0.6) is 5.75 Å². The van der Waals surface area contributed by atoms with E-state index in [1.54, 1.807) is 24.3 Å². The zero-order valence-corrected chi connectivity index (χ0v) is 7.88. The number of hydrogen-bond acceptors (Lipinski definition) is 4. The number of hydrogen-bond donors (Lipinski definition) is 2. The van der Waals surface area contributed by atoms with Crippen molar-refractivity contribution in [1.82, 2.24) is 9.97 Å². The van der Waals surface area contributed by atoms with E-state index in [4.69, 9.17) is 18.7 Å². The third-order valence-corrected chi connectivity index (χ3v) is 1.99. The van der Waals surface area contributed by atoms with Crippen molar-refractivity contribution >= 4 is 19.3 Å². The molecule has 0 unspecified atom stereocenters. The van der Waals surface area contributed by atoms with Gasteiger partial charge in [0.15, 0.2) is 0 Å². The predicted molar refractivity (Wildman–Crippen MR) is 58.9 cm³/mol.